The van der Waals surface area contributed by atoms with Crippen LogP contribution in [-0.2, 0) is 11.0 Å². The average Bonchev–Trinajstić information content (AvgIpc) is 3.30. The van der Waals surface area contributed by atoms with Crippen molar-refractivity contribution in [3.63, 3.8) is 0 Å². The summed E-state index contributed by atoms with van der Waals surface area (Å²) in [5.74, 6) is 0.551. The molecule has 4 rings (SSSR count). The third kappa shape index (κ3) is 4.12. The highest BCUT2D eigenvalue weighted by Gasteiger charge is 2.28. The monoisotopic (exact) mass is 374 g/mol. The zero-order valence-corrected chi connectivity index (χ0v) is 16.1. The summed E-state index contributed by atoms with van der Waals surface area (Å²) in [5, 5.41) is 0.184. The van der Waals surface area contributed by atoms with Crippen molar-refractivity contribution in [3.8, 4) is 0 Å². The molecule has 1 aromatic heterocycles. The molecule has 0 atom stereocenters. The Hall–Kier alpha value is -1.65. The Labute approximate surface area is 166 Å². The van der Waals surface area contributed by atoms with Crippen molar-refractivity contribution >= 4 is 38.4 Å². The highest BCUT2D eigenvalue weighted by Crippen LogP contribution is 2.36. The minimum absolute atomic E-state index is 0.211. The molecule has 0 unspecified atom stereocenters. The van der Waals surface area contributed by atoms with Crippen molar-refractivity contribution in [2.45, 2.75) is 28.7 Å². The van der Waals surface area contributed by atoms with E-state index in [9.17, 15) is 4.39 Å². The number of fused-ring (bicyclic) bond motifs is 1. The van der Waals surface area contributed by atoms with E-state index in [1.54, 1.807) is 11.8 Å². The van der Waals surface area contributed by atoms with E-state index in [1.165, 1.54) is 25.0 Å². The van der Waals surface area contributed by atoms with Crippen molar-refractivity contribution < 1.29 is 4.39 Å². The molecule has 1 aliphatic heterocycles. The molecule has 6 heteroatoms. The van der Waals surface area contributed by atoms with Gasteiger partial charge in [-0.3, -0.25) is 0 Å². The van der Waals surface area contributed by atoms with Gasteiger partial charge in [-0.05, 0) is 67.9 Å². The van der Waals surface area contributed by atoms with E-state index in [2.05, 4.69) is 16.0 Å². The number of hydrogen-bond acceptors (Lipinski definition) is 2. The summed E-state index contributed by atoms with van der Waals surface area (Å²) in [6.45, 7) is 2.77. The van der Waals surface area contributed by atoms with E-state index in [4.69, 9.17) is 15.7 Å². The lowest BCUT2D eigenvalue weighted by Crippen LogP contribution is -2.40. The van der Waals surface area contributed by atoms with Crippen molar-refractivity contribution in [1.29, 1.82) is 0 Å². The molecule has 1 fully saturated rings. The van der Waals surface area contributed by atoms with Gasteiger partial charge in [-0.15, -0.1) is 11.8 Å². The first-order valence-electron chi connectivity index (χ1n) is 9.31. The molecule has 27 heavy (non-hydrogen) atoms. The van der Waals surface area contributed by atoms with Crippen LogP contribution in [0.5, 0.6) is 0 Å². The number of H-pyrrole nitrogens is 1. The molecular formula is C21H21B2FN2S. The van der Waals surface area contributed by atoms with Gasteiger partial charge in [0.15, 0.2) is 0 Å². The zero-order valence-electron chi connectivity index (χ0n) is 15.2. The second-order valence-electron chi connectivity index (χ2n) is 7.32. The highest BCUT2D eigenvalue weighted by atomic mass is 32.2. The maximum absolute atomic E-state index is 13.1. The van der Waals surface area contributed by atoms with Crippen LogP contribution in [0.1, 0.15) is 24.0 Å². The SMILES string of the molecule is [B]C([B])(CN1CCCC1)c1c[nH]c2cccc(SCc3ccc(F)cc3)c12. The lowest BCUT2D eigenvalue weighted by Gasteiger charge is -2.31. The number of halogens is 1. The van der Waals surface area contributed by atoms with Gasteiger partial charge in [-0.25, -0.2) is 4.39 Å². The van der Waals surface area contributed by atoms with Gasteiger partial charge in [-0.1, -0.05) is 23.4 Å². The number of nitrogens with zero attached hydrogens (tertiary/aromatic N) is 1. The van der Waals surface area contributed by atoms with Gasteiger partial charge < -0.3 is 9.88 Å². The van der Waals surface area contributed by atoms with E-state index in [-0.39, 0.29) is 5.82 Å². The van der Waals surface area contributed by atoms with Crippen molar-refractivity contribution in [1.82, 2.24) is 9.88 Å². The third-order valence-corrected chi connectivity index (χ3v) is 6.29. The molecule has 0 saturated carbocycles. The molecule has 2 aromatic carbocycles. The number of benzene rings is 2. The van der Waals surface area contributed by atoms with E-state index >= 15 is 0 Å². The zero-order chi connectivity index (χ0) is 18.9. The normalized spacial score (nSPS) is 15.6. The summed E-state index contributed by atoms with van der Waals surface area (Å²) in [6.07, 6.45) is 4.37. The number of hydrogen-bond donors (Lipinski definition) is 1. The molecule has 0 spiro atoms. The number of rotatable bonds is 6. The maximum Gasteiger partial charge on any atom is 0.123 e. The van der Waals surface area contributed by atoms with Crippen molar-refractivity contribution in [2.24, 2.45) is 0 Å². The molecule has 2 heterocycles. The second kappa shape index (κ2) is 7.76. The summed E-state index contributed by atoms with van der Waals surface area (Å²) in [7, 11) is 13.2. The van der Waals surface area contributed by atoms with Crippen LogP contribution in [0.15, 0.2) is 53.6 Å². The Kier molecular flexibility index (Phi) is 5.38. The lowest BCUT2D eigenvalue weighted by molar-refractivity contribution is 0.327. The Morgan fingerprint density at radius 2 is 1.81 bits per heavy atom. The Morgan fingerprint density at radius 1 is 1.07 bits per heavy atom. The fraction of sp³-hybridized carbons (Fsp3) is 0.333. The molecule has 4 radical (unpaired) electrons. The third-order valence-electron chi connectivity index (χ3n) is 5.16. The number of aromatic amines is 1. The van der Waals surface area contributed by atoms with Crippen molar-refractivity contribution in [2.75, 3.05) is 19.6 Å². The highest BCUT2D eigenvalue weighted by molar-refractivity contribution is 7.98. The number of thioether (sulfide) groups is 1. The summed E-state index contributed by atoms with van der Waals surface area (Å²) in [6, 6.07) is 12.8. The van der Waals surface area contributed by atoms with Crippen LogP contribution in [-0.4, -0.2) is 45.2 Å². The van der Waals surface area contributed by atoms with Gasteiger partial charge in [0.1, 0.15) is 5.82 Å². The Balaban J connectivity index is 1.61. The molecule has 134 valence electrons. The predicted molar refractivity (Wildman–Crippen MR) is 113 cm³/mol. The molecule has 0 bridgehead atoms. The topological polar surface area (TPSA) is 19.0 Å². The molecule has 3 aromatic rings. The summed E-state index contributed by atoms with van der Waals surface area (Å²) >= 11 is 1.72. The first-order valence-corrected chi connectivity index (χ1v) is 10.3. The van der Waals surface area contributed by atoms with Crippen LogP contribution in [0.3, 0.4) is 0 Å². The van der Waals surface area contributed by atoms with Gasteiger partial charge in [0, 0.05) is 27.7 Å². The van der Waals surface area contributed by atoms with Gasteiger partial charge in [-0.2, -0.15) is 0 Å². The molecule has 1 saturated heterocycles. The van der Waals surface area contributed by atoms with Crippen LogP contribution in [0.25, 0.3) is 10.9 Å². The predicted octanol–water partition coefficient (Wildman–Crippen LogP) is 4.18. The first kappa shape index (κ1) is 18.7. The number of likely N-dealkylation sites (tertiary alicyclic amines) is 1. The lowest BCUT2D eigenvalue weighted by atomic mass is 9.50. The summed E-state index contributed by atoms with van der Waals surface area (Å²) in [4.78, 5) is 6.80. The van der Waals surface area contributed by atoms with Crippen LogP contribution >= 0.6 is 11.8 Å². The quantitative estimate of drug-likeness (QED) is 0.516. The van der Waals surface area contributed by atoms with E-state index in [1.807, 2.05) is 30.5 Å². The standard InChI is InChI=1S/C21H21B2FN2S/c22-21(23,14-26-10-1-2-11-26)17-12-25-18-4-3-5-19(20(17)18)27-13-15-6-8-16(24)9-7-15/h3-9,12,25H,1-2,10-11,13-14H2. The fourth-order valence-electron chi connectivity index (χ4n) is 3.78. The second-order valence-corrected chi connectivity index (χ2v) is 8.34. The van der Waals surface area contributed by atoms with Crippen LogP contribution in [0.4, 0.5) is 4.39 Å². The molecular weight excluding hydrogens is 353 g/mol. The van der Waals surface area contributed by atoms with Crippen molar-refractivity contribution in [3.05, 3.63) is 65.6 Å². The van der Waals surface area contributed by atoms with E-state index in [0.717, 1.165) is 45.8 Å². The van der Waals surface area contributed by atoms with Gasteiger partial charge >= 0.3 is 0 Å². The molecule has 0 aliphatic carbocycles. The van der Waals surface area contributed by atoms with Gasteiger partial charge in [0.05, 0.1) is 15.7 Å². The van der Waals surface area contributed by atoms with Crippen LogP contribution in [0.2, 0.25) is 0 Å². The summed E-state index contributed by atoms with van der Waals surface area (Å²) < 4.78 is 13.1. The number of aromatic nitrogens is 1. The Bertz CT molecular complexity index is 918. The molecule has 2 nitrogen and oxygen atoms in total. The van der Waals surface area contributed by atoms with Crippen LogP contribution in [0, 0.1) is 5.82 Å². The van der Waals surface area contributed by atoms with E-state index in [0.29, 0.717) is 6.54 Å². The number of nitrogens with one attached hydrogen (secondary N) is 1. The average molecular weight is 374 g/mol. The van der Waals surface area contributed by atoms with Gasteiger partial charge in [0.2, 0.25) is 0 Å². The minimum atomic E-state index is -0.908. The maximum atomic E-state index is 13.1. The Morgan fingerprint density at radius 3 is 2.56 bits per heavy atom. The minimum Gasteiger partial charge on any atom is -0.361 e. The summed E-state index contributed by atoms with van der Waals surface area (Å²) in [5.41, 5.74) is 3.07. The smallest absolute Gasteiger partial charge is 0.123 e. The van der Waals surface area contributed by atoms with Gasteiger partial charge in [0.25, 0.3) is 0 Å². The largest absolute Gasteiger partial charge is 0.361 e. The molecule has 0 amide bonds. The van der Waals surface area contributed by atoms with Crippen LogP contribution < -0.4 is 0 Å². The molecule has 1 aliphatic rings. The molecule has 1 N–H and O–H groups in total. The van der Waals surface area contributed by atoms with E-state index < -0.39 is 5.21 Å². The fourth-order valence-corrected chi connectivity index (χ4v) is 4.83. The first-order chi connectivity index (χ1) is 13.0.